The molecule has 0 aliphatic carbocycles. The topological polar surface area (TPSA) is 89.7 Å². The van der Waals surface area contributed by atoms with Crippen molar-refractivity contribution in [2.24, 2.45) is 0 Å². The minimum absolute atomic E-state index is 0.0977. The zero-order valence-electron chi connectivity index (χ0n) is 9.50. The van der Waals surface area contributed by atoms with Gasteiger partial charge in [0, 0.05) is 17.5 Å². The summed E-state index contributed by atoms with van der Waals surface area (Å²) in [5.41, 5.74) is -0.757. The minimum Gasteiger partial charge on any atom is -0.477 e. The lowest BCUT2D eigenvalue weighted by Gasteiger charge is -2.05. The molecule has 0 atom stereocenters. The van der Waals surface area contributed by atoms with E-state index in [-0.39, 0.29) is 10.6 Å². The highest BCUT2D eigenvalue weighted by molar-refractivity contribution is 7.12. The number of halogens is 2. The van der Waals surface area contributed by atoms with E-state index in [0.717, 1.165) is 23.5 Å². The third-order valence-electron chi connectivity index (χ3n) is 2.23. The maximum atomic E-state index is 13.6. The van der Waals surface area contributed by atoms with Crippen molar-refractivity contribution in [1.29, 1.82) is 0 Å². The summed E-state index contributed by atoms with van der Waals surface area (Å²) in [6.07, 6.45) is 0. The van der Waals surface area contributed by atoms with Gasteiger partial charge in [0.15, 0.2) is 5.82 Å². The normalized spacial score (nSPS) is 10.3. The Hall–Kier alpha value is -2.55. The van der Waals surface area contributed by atoms with E-state index >= 15 is 0 Å². The third-order valence-corrected chi connectivity index (χ3v) is 3.13. The van der Waals surface area contributed by atoms with E-state index in [1.807, 2.05) is 0 Å². The summed E-state index contributed by atoms with van der Waals surface area (Å²) in [5, 5.41) is 20.7. The number of rotatable bonds is 4. The van der Waals surface area contributed by atoms with Crippen LogP contribution in [0.2, 0.25) is 0 Å². The summed E-state index contributed by atoms with van der Waals surface area (Å²) in [5.74, 6) is -5.06. The van der Waals surface area contributed by atoms with Crippen molar-refractivity contribution in [3.8, 4) is 11.5 Å². The van der Waals surface area contributed by atoms with Gasteiger partial charge in [0.25, 0.3) is 0 Å². The number of carboxylic acid groups (broad SMARTS) is 1. The molecule has 2 rings (SSSR count). The Bertz CT molecular complexity index is 700. The second kappa shape index (κ2) is 5.21. The average Bonchev–Trinajstić information content (AvgIpc) is 2.83. The first-order chi connectivity index (χ1) is 9.40. The molecule has 0 fully saturated rings. The molecule has 1 aromatic carbocycles. The molecule has 0 radical (unpaired) electrons. The van der Waals surface area contributed by atoms with Crippen molar-refractivity contribution in [3.05, 3.63) is 50.2 Å². The number of hydrogen-bond acceptors (Lipinski definition) is 5. The van der Waals surface area contributed by atoms with Gasteiger partial charge in [-0.3, -0.25) is 10.1 Å². The van der Waals surface area contributed by atoms with E-state index in [0.29, 0.717) is 6.07 Å². The Labute approximate surface area is 114 Å². The summed E-state index contributed by atoms with van der Waals surface area (Å²) in [4.78, 5) is 20.4. The van der Waals surface area contributed by atoms with E-state index in [9.17, 15) is 23.7 Å². The van der Waals surface area contributed by atoms with Gasteiger partial charge < -0.3 is 9.84 Å². The molecule has 9 heteroatoms. The van der Waals surface area contributed by atoms with Gasteiger partial charge in [-0.2, -0.15) is 4.39 Å². The first kappa shape index (κ1) is 13.9. The van der Waals surface area contributed by atoms with Crippen LogP contribution in [0.4, 0.5) is 14.5 Å². The number of carbonyl (C=O) groups is 1. The highest BCUT2D eigenvalue weighted by Gasteiger charge is 2.24. The smallest absolute Gasteiger partial charge is 0.346 e. The summed E-state index contributed by atoms with van der Waals surface area (Å²) in [6, 6.07) is 2.43. The van der Waals surface area contributed by atoms with Gasteiger partial charge in [-0.05, 0) is 6.07 Å². The van der Waals surface area contributed by atoms with Crippen molar-refractivity contribution in [3.63, 3.8) is 0 Å². The van der Waals surface area contributed by atoms with Crippen LogP contribution in [-0.4, -0.2) is 16.0 Å². The van der Waals surface area contributed by atoms with Crippen molar-refractivity contribution in [2.45, 2.75) is 0 Å². The summed E-state index contributed by atoms with van der Waals surface area (Å²) < 4.78 is 31.5. The van der Waals surface area contributed by atoms with Crippen molar-refractivity contribution in [2.75, 3.05) is 0 Å². The number of nitro groups is 1. The van der Waals surface area contributed by atoms with E-state index in [1.165, 1.54) is 5.38 Å². The molecule has 1 heterocycles. The zero-order chi connectivity index (χ0) is 14.9. The molecular formula is C11H5F2NO5S. The highest BCUT2D eigenvalue weighted by Crippen LogP contribution is 2.36. The first-order valence-electron chi connectivity index (χ1n) is 5.02. The zero-order valence-corrected chi connectivity index (χ0v) is 10.3. The number of ether oxygens (including phenoxy) is 1. The molecule has 0 aliphatic heterocycles. The molecule has 104 valence electrons. The maximum absolute atomic E-state index is 13.6. The fraction of sp³-hybridized carbons (Fsp3) is 0. The highest BCUT2D eigenvalue weighted by atomic mass is 32.1. The van der Waals surface area contributed by atoms with Crippen molar-refractivity contribution in [1.82, 2.24) is 0 Å². The number of nitrogens with zero attached hydrogens (tertiary/aromatic N) is 1. The fourth-order valence-electron chi connectivity index (χ4n) is 1.37. The standard InChI is InChI=1S/C11H5F2NO5S/c12-6-1-2-7(14(17)18)10(9(6)13)19-5-3-8(11(15)16)20-4-5/h1-4H,(H,15,16). The van der Waals surface area contributed by atoms with E-state index in [2.05, 4.69) is 0 Å². The SMILES string of the molecule is O=C(O)c1cc(Oc2c([N+](=O)[O-])ccc(F)c2F)cs1. The van der Waals surface area contributed by atoms with Crippen molar-refractivity contribution >= 4 is 23.0 Å². The van der Waals surface area contributed by atoms with E-state index in [4.69, 9.17) is 9.84 Å². The Kier molecular flexibility index (Phi) is 3.61. The molecule has 6 nitrogen and oxygen atoms in total. The quantitative estimate of drug-likeness (QED) is 0.690. The average molecular weight is 301 g/mol. The summed E-state index contributed by atoms with van der Waals surface area (Å²) in [6.45, 7) is 0. The molecule has 0 unspecified atom stereocenters. The van der Waals surface area contributed by atoms with Gasteiger partial charge in [-0.25, -0.2) is 9.18 Å². The lowest BCUT2D eigenvalue weighted by atomic mass is 10.2. The predicted molar refractivity (Wildman–Crippen MR) is 64.4 cm³/mol. The molecule has 0 saturated carbocycles. The second-order valence-corrected chi connectivity index (χ2v) is 4.43. The van der Waals surface area contributed by atoms with Gasteiger partial charge in [0.2, 0.25) is 11.6 Å². The lowest BCUT2D eigenvalue weighted by Crippen LogP contribution is -1.98. The largest absolute Gasteiger partial charge is 0.477 e. The molecule has 0 spiro atoms. The lowest BCUT2D eigenvalue weighted by molar-refractivity contribution is -0.385. The van der Waals surface area contributed by atoms with Gasteiger partial charge in [0.1, 0.15) is 10.6 Å². The van der Waals surface area contributed by atoms with Crippen LogP contribution in [0.25, 0.3) is 0 Å². The number of aromatic carboxylic acids is 1. The van der Waals surface area contributed by atoms with Crippen LogP contribution in [0.15, 0.2) is 23.6 Å². The predicted octanol–water partition coefficient (Wildman–Crippen LogP) is 3.43. The van der Waals surface area contributed by atoms with Crippen LogP contribution in [0.3, 0.4) is 0 Å². The Morgan fingerprint density at radius 2 is 2.10 bits per heavy atom. The van der Waals surface area contributed by atoms with Gasteiger partial charge in [0.05, 0.1) is 4.92 Å². The number of hydrogen-bond donors (Lipinski definition) is 1. The fourth-order valence-corrected chi connectivity index (χ4v) is 2.01. The molecule has 0 amide bonds. The van der Waals surface area contributed by atoms with Crippen LogP contribution in [0, 0.1) is 21.7 Å². The monoisotopic (exact) mass is 301 g/mol. The molecule has 0 aliphatic rings. The van der Waals surface area contributed by atoms with Gasteiger partial charge in [-0.1, -0.05) is 0 Å². The molecular weight excluding hydrogens is 296 g/mol. The Balaban J connectivity index is 2.43. The summed E-state index contributed by atoms with van der Waals surface area (Å²) >= 11 is 0.791. The molecule has 2 aromatic rings. The molecule has 20 heavy (non-hydrogen) atoms. The van der Waals surface area contributed by atoms with Crippen LogP contribution in [0.1, 0.15) is 9.67 Å². The molecule has 0 bridgehead atoms. The number of thiophene rings is 1. The third kappa shape index (κ3) is 2.57. The number of nitro benzene ring substituents is 1. The molecule has 1 aromatic heterocycles. The van der Waals surface area contributed by atoms with Crippen molar-refractivity contribution < 1.29 is 28.3 Å². The summed E-state index contributed by atoms with van der Waals surface area (Å²) in [7, 11) is 0. The Morgan fingerprint density at radius 3 is 2.65 bits per heavy atom. The van der Waals surface area contributed by atoms with Crippen LogP contribution in [0.5, 0.6) is 11.5 Å². The van der Waals surface area contributed by atoms with Gasteiger partial charge in [-0.15, -0.1) is 11.3 Å². The van der Waals surface area contributed by atoms with E-state index < -0.39 is 34.0 Å². The maximum Gasteiger partial charge on any atom is 0.346 e. The number of benzene rings is 1. The number of carboxylic acids is 1. The minimum atomic E-state index is -1.51. The second-order valence-electron chi connectivity index (χ2n) is 3.52. The molecule has 0 saturated heterocycles. The van der Waals surface area contributed by atoms with Crippen LogP contribution < -0.4 is 4.74 Å². The van der Waals surface area contributed by atoms with Crippen LogP contribution >= 0.6 is 11.3 Å². The molecule has 1 N–H and O–H groups in total. The van der Waals surface area contributed by atoms with E-state index in [1.54, 1.807) is 0 Å². The van der Waals surface area contributed by atoms with Crippen LogP contribution in [-0.2, 0) is 0 Å². The van der Waals surface area contributed by atoms with Gasteiger partial charge >= 0.3 is 11.7 Å². The first-order valence-corrected chi connectivity index (χ1v) is 5.90. The Morgan fingerprint density at radius 1 is 1.40 bits per heavy atom.